The molecule has 0 aromatic rings. The van der Waals surface area contributed by atoms with Gasteiger partial charge >= 0.3 is 5.97 Å². The van der Waals surface area contributed by atoms with Crippen molar-refractivity contribution in [3.8, 4) is 0 Å². The lowest BCUT2D eigenvalue weighted by Crippen LogP contribution is -2.06. The molecule has 0 heterocycles. The normalized spacial score (nSPS) is 10.5. The summed E-state index contributed by atoms with van der Waals surface area (Å²) in [5.74, 6) is -0.559. The van der Waals surface area contributed by atoms with E-state index in [0.717, 1.165) is 6.26 Å². The average Bonchev–Trinajstić information content (AvgIpc) is 2.16. The minimum Gasteiger partial charge on any atom is -0.501 e. The molecule has 4 nitrogen and oxygen atoms in total. The largest absolute Gasteiger partial charge is 0.501 e. The van der Waals surface area contributed by atoms with Crippen LogP contribution in [0.25, 0.3) is 0 Å². The van der Waals surface area contributed by atoms with Crippen LogP contribution in [-0.2, 0) is 19.3 Å². The molecule has 0 fully saturated rings. The lowest BCUT2D eigenvalue weighted by Gasteiger charge is -2.02. The van der Waals surface area contributed by atoms with Gasteiger partial charge in [0.25, 0.3) is 0 Å². The fourth-order valence-electron chi connectivity index (χ4n) is 0.591. The maximum absolute atomic E-state index is 11.1. The van der Waals surface area contributed by atoms with Crippen LogP contribution in [0.15, 0.2) is 24.7 Å². The highest BCUT2D eigenvalue weighted by Gasteiger charge is 2.10. The molecular weight excluding hydrogens is 172 g/mol. The van der Waals surface area contributed by atoms with Gasteiger partial charge in [-0.15, -0.1) is 0 Å². The SMILES string of the molecule is C=COOC(=O)C(=COCC)CC. The second-order valence-electron chi connectivity index (χ2n) is 2.09. The van der Waals surface area contributed by atoms with Crippen molar-refractivity contribution in [1.29, 1.82) is 0 Å². The molecule has 0 saturated heterocycles. The summed E-state index contributed by atoms with van der Waals surface area (Å²) in [6.07, 6.45) is 2.93. The van der Waals surface area contributed by atoms with Gasteiger partial charge in [0.1, 0.15) is 6.26 Å². The first-order valence-electron chi connectivity index (χ1n) is 4.05. The standard InChI is InChI=1S/C9H14O4/c1-4-8(7-11-5-2)9(10)13-12-6-3/h6-7H,3-5H2,1-2H3. The second kappa shape index (κ2) is 7.21. The van der Waals surface area contributed by atoms with Crippen LogP contribution in [-0.4, -0.2) is 12.6 Å². The molecule has 0 aliphatic carbocycles. The summed E-state index contributed by atoms with van der Waals surface area (Å²) < 4.78 is 4.94. The van der Waals surface area contributed by atoms with Gasteiger partial charge in [-0.2, -0.15) is 0 Å². The first-order valence-corrected chi connectivity index (χ1v) is 4.05. The summed E-state index contributed by atoms with van der Waals surface area (Å²) in [7, 11) is 0. The summed E-state index contributed by atoms with van der Waals surface area (Å²) in [4.78, 5) is 19.7. The summed E-state index contributed by atoms with van der Waals surface area (Å²) in [6.45, 7) is 7.39. The van der Waals surface area contributed by atoms with Gasteiger partial charge in [-0.1, -0.05) is 13.5 Å². The van der Waals surface area contributed by atoms with E-state index in [2.05, 4.69) is 16.4 Å². The molecule has 0 aromatic carbocycles. The first kappa shape index (κ1) is 11.6. The van der Waals surface area contributed by atoms with E-state index in [9.17, 15) is 4.79 Å². The van der Waals surface area contributed by atoms with E-state index >= 15 is 0 Å². The average molecular weight is 186 g/mol. The van der Waals surface area contributed by atoms with Crippen LogP contribution >= 0.6 is 0 Å². The Morgan fingerprint density at radius 2 is 2.15 bits per heavy atom. The van der Waals surface area contributed by atoms with E-state index < -0.39 is 5.97 Å². The van der Waals surface area contributed by atoms with Crippen molar-refractivity contribution in [2.75, 3.05) is 6.61 Å². The van der Waals surface area contributed by atoms with Crippen molar-refractivity contribution < 1.29 is 19.3 Å². The Kier molecular flexibility index (Phi) is 6.41. The molecule has 0 aliphatic rings. The summed E-state index contributed by atoms with van der Waals surface area (Å²) in [6, 6.07) is 0. The molecule has 0 unspecified atom stereocenters. The Labute approximate surface area is 77.7 Å². The zero-order valence-electron chi connectivity index (χ0n) is 7.91. The van der Waals surface area contributed by atoms with Crippen molar-refractivity contribution in [2.24, 2.45) is 0 Å². The van der Waals surface area contributed by atoms with E-state index in [1.807, 2.05) is 13.8 Å². The molecular formula is C9H14O4. The van der Waals surface area contributed by atoms with Gasteiger partial charge in [-0.05, 0) is 13.3 Å². The highest BCUT2D eigenvalue weighted by molar-refractivity contribution is 5.87. The summed E-state index contributed by atoms with van der Waals surface area (Å²) >= 11 is 0. The van der Waals surface area contributed by atoms with E-state index in [1.165, 1.54) is 6.26 Å². The highest BCUT2D eigenvalue weighted by Crippen LogP contribution is 2.04. The number of hydrogen-bond donors (Lipinski definition) is 0. The maximum Gasteiger partial charge on any atom is 0.385 e. The number of carbonyl (C=O) groups excluding carboxylic acids is 1. The molecule has 74 valence electrons. The van der Waals surface area contributed by atoms with E-state index in [1.54, 1.807) is 0 Å². The van der Waals surface area contributed by atoms with Gasteiger partial charge in [0.05, 0.1) is 18.4 Å². The Morgan fingerprint density at radius 1 is 1.46 bits per heavy atom. The molecule has 0 bridgehead atoms. The number of rotatable bonds is 6. The van der Waals surface area contributed by atoms with E-state index in [4.69, 9.17) is 4.74 Å². The molecule has 0 atom stereocenters. The predicted molar refractivity (Wildman–Crippen MR) is 47.4 cm³/mol. The monoisotopic (exact) mass is 186 g/mol. The quantitative estimate of drug-likeness (QED) is 0.275. The Morgan fingerprint density at radius 3 is 2.62 bits per heavy atom. The number of ether oxygens (including phenoxy) is 1. The van der Waals surface area contributed by atoms with E-state index in [-0.39, 0.29) is 0 Å². The summed E-state index contributed by atoms with van der Waals surface area (Å²) in [5.41, 5.74) is 0.420. The Balaban J connectivity index is 4.06. The van der Waals surface area contributed by atoms with E-state index in [0.29, 0.717) is 18.6 Å². The third-order valence-corrected chi connectivity index (χ3v) is 1.23. The molecule has 4 heteroatoms. The van der Waals surface area contributed by atoms with Gasteiger partial charge in [0.15, 0.2) is 0 Å². The molecule has 0 aromatic heterocycles. The third-order valence-electron chi connectivity index (χ3n) is 1.23. The Hall–Kier alpha value is -1.45. The van der Waals surface area contributed by atoms with Crippen molar-refractivity contribution in [3.63, 3.8) is 0 Å². The van der Waals surface area contributed by atoms with Crippen LogP contribution in [0.3, 0.4) is 0 Å². The van der Waals surface area contributed by atoms with Gasteiger partial charge < -0.3 is 4.74 Å². The van der Waals surface area contributed by atoms with Crippen molar-refractivity contribution in [1.82, 2.24) is 0 Å². The lowest BCUT2D eigenvalue weighted by molar-refractivity contribution is -0.233. The molecule has 13 heavy (non-hydrogen) atoms. The second-order valence-corrected chi connectivity index (χ2v) is 2.09. The van der Waals surface area contributed by atoms with Gasteiger partial charge in [-0.3, -0.25) is 4.89 Å². The Bertz CT molecular complexity index is 196. The predicted octanol–water partition coefficient (Wildman–Crippen LogP) is 1.94. The third kappa shape index (κ3) is 4.90. The fraction of sp³-hybridized carbons (Fsp3) is 0.444. The number of carbonyl (C=O) groups is 1. The maximum atomic E-state index is 11.1. The molecule has 0 saturated carbocycles. The van der Waals surface area contributed by atoms with Gasteiger partial charge in [-0.25, -0.2) is 9.68 Å². The smallest absolute Gasteiger partial charge is 0.385 e. The molecule has 0 amide bonds. The minimum absolute atomic E-state index is 0.420. The minimum atomic E-state index is -0.559. The molecule has 0 rings (SSSR count). The molecule has 0 aliphatic heterocycles. The van der Waals surface area contributed by atoms with Crippen molar-refractivity contribution in [3.05, 3.63) is 24.7 Å². The van der Waals surface area contributed by atoms with Crippen LogP contribution in [0.1, 0.15) is 20.3 Å². The lowest BCUT2D eigenvalue weighted by atomic mass is 10.2. The molecule has 0 spiro atoms. The van der Waals surface area contributed by atoms with Crippen LogP contribution in [0.2, 0.25) is 0 Å². The molecule has 0 radical (unpaired) electrons. The topological polar surface area (TPSA) is 44.8 Å². The van der Waals surface area contributed by atoms with Gasteiger partial charge in [0, 0.05) is 0 Å². The van der Waals surface area contributed by atoms with Crippen LogP contribution in [0.4, 0.5) is 0 Å². The van der Waals surface area contributed by atoms with Crippen LogP contribution in [0.5, 0.6) is 0 Å². The van der Waals surface area contributed by atoms with Crippen LogP contribution < -0.4 is 0 Å². The zero-order valence-corrected chi connectivity index (χ0v) is 7.91. The molecule has 0 N–H and O–H groups in total. The number of hydrogen-bond acceptors (Lipinski definition) is 4. The highest BCUT2D eigenvalue weighted by atomic mass is 17.2. The summed E-state index contributed by atoms with van der Waals surface area (Å²) in [5, 5.41) is 0. The first-order chi connectivity index (χ1) is 6.26. The van der Waals surface area contributed by atoms with Gasteiger partial charge in [0.2, 0.25) is 0 Å². The van der Waals surface area contributed by atoms with Crippen molar-refractivity contribution in [2.45, 2.75) is 20.3 Å². The zero-order chi connectivity index (χ0) is 10.1. The fourth-order valence-corrected chi connectivity index (χ4v) is 0.591. The van der Waals surface area contributed by atoms with Crippen molar-refractivity contribution >= 4 is 5.97 Å². The van der Waals surface area contributed by atoms with Crippen LogP contribution in [0, 0.1) is 0 Å².